The van der Waals surface area contributed by atoms with Crippen LogP contribution in [-0.2, 0) is 4.74 Å². The molecule has 9 heavy (non-hydrogen) atoms. The molecule has 0 saturated heterocycles. The molecule has 54 valence electrons. The number of nitrogens with zero attached hydrogens (tertiary/aromatic N) is 1. The molecule has 0 unspecified atom stereocenters. The molecule has 0 aromatic rings. The first kappa shape index (κ1) is 8.34. The van der Waals surface area contributed by atoms with Gasteiger partial charge < -0.3 is 9.64 Å². The van der Waals surface area contributed by atoms with E-state index in [0.29, 0.717) is 0 Å². The summed E-state index contributed by atoms with van der Waals surface area (Å²) in [6.45, 7) is 4.68. The molecule has 0 amide bonds. The standard InChI is InChI=1S/C7H15NO/c1-5-7(8(3)4)9-6-2/h5H,6H2,1-4H3/b7-5-. The maximum atomic E-state index is 5.24. The van der Waals surface area contributed by atoms with Gasteiger partial charge in [0.05, 0.1) is 6.61 Å². The summed E-state index contributed by atoms with van der Waals surface area (Å²) in [7, 11) is 3.93. The molecule has 0 fully saturated rings. The molecule has 0 spiro atoms. The topological polar surface area (TPSA) is 12.5 Å². The van der Waals surface area contributed by atoms with Crippen LogP contribution in [0.15, 0.2) is 12.0 Å². The highest BCUT2D eigenvalue weighted by molar-refractivity contribution is 4.86. The molecule has 0 heterocycles. The monoisotopic (exact) mass is 129 g/mol. The van der Waals surface area contributed by atoms with Crippen molar-refractivity contribution in [1.29, 1.82) is 0 Å². The van der Waals surface area contributed by atoms with Crippen molar-refractivity contribution in [3.63, 3.8) is 0 Å². The Labute approximate surface area is 57.1 Å². The van der Waals surface area contributed by atoms with E-state index in [2.05, 4.69) is 0 Å². The molecule has 0 aromatic heterocycles. The minimum Gasteiger partial charge on any atom is -0.480 e. The van der Waals surface area contributed by atoms with Gasteiger partial charge in [0.2, 0.25) is 0 Å². The van der Waals surface area contributed by atoms with E-state index in [0.717, 1.165) is 12.5 Å². The van der Waals surface area contributed by atoms with Gasteiger partial charge in [0, 0.05) is 14.1 Å². The maximum absolute atomic E-state index is 5.24. The van der Waals surface area contributed by atoms with Crippen LogP contribution in [0.25, 0.3) is 0 Å². The number of rotatable bonds is 3. The Hall–Kier alpha value is -0.660. The second-order valence-electron chi connectivity index (χ2n) is 1.95. The zero-order valence-corrected chi connectivity index (χ0v) is 6.64. The summed E-state index contributed by atoms with van der Waals surface area (Å²) in [4.78, 5) is 1.95. The molecule has 0 aliphatic heterocycles. The fourth-order valence-electron chi connectivity index (χ4n) is 0.619. The van der Waals surface area contributed by atoms with Gasteiger partial charge in [-0.2, -0.15) is 0 Å². The Morgan fingerprint density at radius 3 is 2.22 bits per heavy atom. The van der Waals surface area contributed by atoms with Crippen LogP contribution in [-0.4, -0.2) is 25.6 Å². The molecular formula is C7H15NO. The second kappa shape index (κ2) is 4.24. The molecule has 0 bridgehead atoms. The van der Waals surface area contributed by atoms with Crippen molar-refractivity contribution < 1.29 is 4.74 Å². The molecule has 0 atom stereocenters. The normalized spacial score (nSPS) is 11.3. The summed E-state index contributed by atoms with van der Waals surface area (Å²) in [5.41, 5.74) is 0. The van der Waals surface area contributed by atoms with Crippen LogP contribution in [0.4, 0.5) is 0 Å². The van der Waals surface area contributed by atoms with E-state index in [-0.39, 0.29) is 0 Å². The number of allylic oxidation sites excluding steroid dienone is 1. The van der Waals surface area contributed by atoms with Gasteiger partial charge >= 0.3 is 0 Å². The third-order valence-electron chi connectivity index (χ3n) is 0.980. The molecule has 0 rings (SSSR count). The summed E-state index contributed by atoms with van der Waals surface area (Å²) in [6, 6.07) is 0. The zero-order chi connectivity index (χ0) is 7.28. The molecule has 0 aliphatic carbocycles. The Kier molecular flexibility index (Phi) is 3.93. The van der Waals surface area contributed by atoms with Crippen LogP contribution >= 0.6 is 0 Å². The predicted molar refractivity (Wildman–Crippen MR) is 39.1 cm³/mol. The zero-order valence-electron chi connectivity index (χ0n) is 6.64. The average molecular weight is 129 g/mol. The van der Waals surface area contributed by atoms with E-state index in [1.54, 1.807) is 0 Å². The summed E-state index contributed by atoms with van der Waals surface area (Å²) < 4.78 is 5.24. The Morgan fingerprint density at radius 2 is 2.11 bits per heavy atom. The Morgan fingerprint density at radius 1 is 1.56 bits per heavy atom. The summed E-state index contributed by atoms with van der Waals surface area (Å²) in [5, 5.41) is 0. The highest BCUT2D eigenvalue weighted by Gasteiger charge is 1.94. The Balaban J connectivity index is 3.70. The molecule has 0 aromatic carbocycles. The van der Waals surface area contributed by atoms with Gasteiger partial charge in [-0.1, -0.05) is 0 Å². The molecule has 0 N–H and O–H groups in total. The van der Waals surface area contributed by atoms with Crippen LogP contribution in [0, 0.1) is 0 Å². The predicted octanol–water partition coefficient (Wildman–Crippen LogP) is 1.45. The summed E-state index contributed by atoms with van der Waals surface area (Å²) in [6.07, 6.45) is 1.95. The smallest absolute Gasteiger partial charge is 0.184 e. The average Bonchev–Trinajstić information content (AvgIpc) is 1.82. The van der Waals surface area contributed by atoms with Gasteiger partial charge in [-0.05, 0) is 19.9 Å². The van der Waals surface area contributed by atoms with E-state index in [1.807, 2.05) is 38.9 Å². The molecule has 2 nitrogen and oxygen atoms in total. The van der Waals surface area contributed by atoms with Crippen molar-refractivity contribution in [3.8, 4) is 0 Å². The lowest BCUT2D eigenvalue weighted by Crippen LogP contribution is -2.13. The lowest BCUT2D eigenvalue weighted by molar-refractivity contribution is 0.151. The lowest BCUT2D eigenvalue weighted by Gasteiger charge is -2.15. The van der Waals surface area contributed by atoms with Crippen LogP contribution in [0.1, 0.15) is 13.8 Å². The highest BCUT2D eigenvalue weighted by atomic mass is 16.5. The fraction of sp³-hybridized carbons (Fsp3) is 0.714. The third-order valence-corrected chi connectivity index (χ3v) is 0.980. The fourth-order valence-corrected chi connectivity index (χ4v) is 0.619. The van der Waals surface area contributed by atoms with Crippen molar-refractivity contribution in [2.45, 2.75) is 13.8 Å². The number of ether oxygens (including phenoxy) is 1. The van der Waals surface area contributed by atoms with E-state index in [4.69, 9.17) is 4.74 Å². The van der Waals surface area contributed by atoms with E-state index in [1.165, 1.54) is 0 Å². The van der Waals surface area contributed by atoms with Crippen LogP contribution in [0.3, 0.4) is 0 Å². The molecule has 0 aliphatic rings. The molecule has 0 radical (unpaired) electrons. The van der Waals surface area contributed by atoms with Crippen LogP contribution in [0.5, 0.6) is 0 Å². The minimum absolute atomic E-state index is 0.734. The first-order valence-corrected chi connectivity index (χ1v) is 3.18. The number of hydrogen-bond donors (Lipinski definition) is 0. The molecule has 2 heteroatoms. The molecule has 0 saturated carbocycles. The van der Waals surface area contributed by atoms with Gasteiger partial charge in [-0.3, -0.25) is 0 Å². The van der Waals surface area contributed by atoms with Gasteiger partial charge in [0.15, 0.2) is 5.88 Å². The van der Waals surface area contributed by atoms with E-state index >= 15 is 0 Å². The van der Waals surface area contributed by atoms with Crippen molar-refractivity contribution >= 4 is 0 Å². The quantitative estimate of drug-likeness (QED) is 0.535. The van der Waals surface area contributed by atoms with Gasteiger partial charge in [-0.15, -0.1) is 0 Å². The van der Waals surface area contributed by atoms with Gasteiger partial charge in [-0.25, -0.2) is 0 Å². The second-order valence-corrected chi connectivity index (χ2v) is 1.95. The van der Waals surface area contributed by atoms with E-state index < -0.39 is 0 Å². The first-order valence-electron chi connectivity index (χ1n) is 3.18. The highest BCUT2D eigenvalue weighted by Crippen LogP contribution is 1.98. The minimum atomic E-state index is 0.734. The third kappa shape index (κ3) is 3.01. The first-order chi connectivity index (χ1) is 4.22. The van der Waals surface area contributed by atoms with E-state index in [9.17, 15) is 0 Å². The van der Waals surface area contributed by atoms with Crippen LogP contribution < -0.4 is 0 Å². The van der Waals surface area contributed by atoms with Crippen molar-refractivity contribution in [3.05, 3.63) is 12.0 Å². The molecular weight excluding hydrogens is 114 g/mol. The van der Waals surface area contributed by atoms with Crippen molar-refractivity contribution in [1.82, 2.24) is 4.90 Å². The SMILES string of the molecule is C/C=C(\OCC)N(C)C. The van der Waals surface area contributed by atoms with Crippen molar-refractivity contribution in [2.24, 2.45) is 0 Å². The maximum Gasteiger partial charge on any atom is 0.184 e. The Bertz CT molecular complexity index is 97.1. The lowest BCUT2D eigenvalue weighted by atomic mass is 10.6. The number of hydrogen-bond acceptors (Lipinski definition) is 2. The summed E-state index contributed by atoms with van der Waals surface area (Å²) >= 11 is 0. The van der Waals surface area contributed by atoms with Crippen molar-refractivity contribution in [2.75, 3.05) is 20.7 Å². The largest absolute Gasteiger partial charge is 0.480 e. The van der Waals surface area contributed by atoms with Gasteiger partial charge in [0.25, 0.3) is 0 Å². The summed E-state index contributed by atoms with van der Waals surface area (Å²) in [5.74, 6) is 0.928. The van der Waals surface area contributed by atoms with Gasteiger partial charge in [0.1, 0.15) is 0 Å². The van der Waals surface area contributed by atoms with Crippen LogP contribution in [0.2, 0.25) is 0 Å².